The summed E-state index contributed by atoms with van der Waals surface area (Å²) < 4.78 is 5.88. The highest BCUT2D eigenvalue weighted by Gasteiger charge is 2.15. The zero-order valence-electron chi connectivity index (χ0n) is 12.5. The molecule has 23 heavy (non-hydrogen) atoms. The van der Waals surface area contributed by atoms with Gasteiger partial charge < -0.3 is 4.74 Å². The van der Waals surface area contributed by atoms with Crippen molar-refractivity contribution < 1.29 is 9.53 Å². The quantitative estimate of drug-likeness (QED) is 0.736. The minimum Gasteiger partial charge on any atom is -0.461 e. The maximum Gasteiger partial charge on any atom is 0.356 e. The average Bonchev–Trinajstić information content (AvgIpc) is 2.89. The van der Waals surface area contributed by atoms with Crippen molar-refractivity contribution in [3.05, 3.63) is 55.8 Å². The normalized spacial score (nSPS) is 10.9. The molecule has 3 rings (SSSR count). The maximum atomic E-state index is 12.7. The fraction of sp³-hybridized carbons (Fsp3) is 0.200. The standard InChI is InChI=1S/C15H13N3O4S/c1-3-22-14(20)10-6-9(4-5-16-10)18-13(19)11-8(2)7-23-12(11)17-15(18)21/h4-7H,3H2,1-2H3,(H,17,21). The number of aromatic nitrogens is 3. The molecule has 1 N–H and O–H groups in total. The second kappa shape index (κ2) is 5.81. The van der Waals surface area contributed by atoms with Crippen LogP contribution in [0.25, 0.3) is 15.9 Å². The monoisotopic (exact) mass is 331 g/mol. The van der Waals surface area contributed by atoms with Crippen molar-refractivity contribution in [1.82, 2.24) is 14.5 Å². The highest BCUT2D eigenvalue weighted by atomic mass is 32.1. The number of H-pyrrole nitrogens is 1. The van der Waals surface area contributed by atoms with Crippen LogP contribution in [0.5, 0.6) is 0 Å². The molecule has 0 amide bonds. The van der Waals surface area contributed by atoms with E-state index in [9.17, 15) is 14.4 Å². The maximum absolute atomic E-state index is 12.7. The van der Waals surface area contributed by atoms with E-state index in [1.54, 1.807) is 13.8 Å². The third-order valence-electron chi connectivity index (χ3n) is 3.30. The Labute approximate surface area is 134 Å². The summed E-state index contributed by atoms with van der Waals surface area (Å²) in [7, 11) is 0. The van der Waals surface area contributed by atoms with E-state index < -0.39 is 17.2 Å². The molecule has 3 aromatic rings. The molecule has 0 aliphatic carbocycles. The molecule has 0 aliphatic rings. The largest absolute Gasteiger partial charge is 0.461 e. The van der Waals surface area contributed by atoms with E-state index >= 15 is 0 Å². The van der Waals surface area contributed by atoms with Crippen molar-refractivity contribution >= 4 is 27.5 Å². The van der Waals surface area contributed by atoms with Crippen molar-refractivity contribution in [2.24, 2.45) is 0 Å². The van der Waals surface area contributed by atoms with Crippen molar-refractivity contribution in [1.29, 1.82) is 0 Å². The van der Waals surface area contributed by atoms with Gasteiger partial charge in [0.2, 0.25) is 0 Å². The Morgan fingerprint density at radius 1 is 1.43 bits per heavy atom. The number of esters is 1. The van der Waals surface area contributed by atoms with Crippen molar-refractivity contribution in [3.63, 3.8) is 0 Å². The molecular formula is C15H13N3O4S. The summed E-state index contributed by atoms with van der Waals surface area (Å²) in [6.07, 6.45) is 1.36. The number of aromatic amines is 1. The summed E-state index contributed by atoms with van der Waals surface area (Å²) in [5.41, 5.74) is 0.105. The van der Waals surface area contributed by atoms with Crippen LogP contribution >= 0.6 is 11.3 Å². The van der Waals surface area contributed by atoms with Crippen LogP contribution in [0, 0.1) is 6.92 Å². The SMILES string of the molecule is CCOC(=O)c1cc(-n2c(=O)[nH]c3scc(C)c3c2=O)ccn1. The first-order valence-corrected chi connectivity index (χ1v) is 7.77. The van der Waals surface area contributed by atoms with Crippen LogP contribution in [0.1, 0.15) is 23.0 Å². The smallest absolute Gasteiger partial charge is 0.356 e. The summed E-state index contributed by atoms with van der Waals surface area (Å²) in [6, 6.07) is 2.86. The lowest BCUT2D eigenvalue weighted by atomic mass is 10.2. The van der Waals surface area contributed by atoms with Gasteiger partial charge in [-0.05, 0) is 36.9 Å². The molecular weight excluding hydrogens is 318 g/mol. The number of nitrogens with zero attached hydrogens (tertiary/aromatic N) is 2. The first-order valence-electron chi connectivity index (χ1n) is 6.89. The van der Waals surface area contributed by atoms with Crippen LogP contribution in [0.4, 0.5) is 0 Å². The molecule has 0 spiro atoms. The number of thiophene rings is 1. The van der Waals surface area contributed by atoms with E-state index in [0.717, 1.165) is 10.1 Å². The molecule has 0 radical (unpaired) electrons. The van der Waals surface area contributed by atoms with Gasteiger partial charge in [-0.25, -0.2) is 19.1 Å². The number of nitrogens with one attached hydrogen (secondary N) is 1. The molecule has 3 aromatic heterocycles. The number of pyridine rings is 1. The van der Waals surface area contributed by atoms with Gasteiger partial charge in [0.1, 0.15) is 10.5 Å². The Balaban J connectivity index is 2.23. The summed E-state index contributed by atoms with van der Waals surface area (Å²) in [4.78, 5) is 43.8. The van der Waals surface area contributed by atoms with E-state index in [4.69, 9.17) is 4.74 Å². The number of ether oxygens (including phenoxy) is 1. The molecule has 8 heteroatoms. The minimum absolute atomic E-state index is 0.0396. The zero-order chi connectivity index (χ0) is 16.6. The molecule has 7 nitrogen and oxygen atoms in total. The lowest BCUT2D eigenvalue weighted by Gasteiger charge is -2.07. The number of fused-ring (bicyclic) bond motifs is 1. The summed E-state index contributed by atoms with van der Waals surface area (Å²) in [6.45, 7) is 3.70. The van der Waals surface area contributed by atoms with Gasteiger partial charge in [-0.1, -0.05) is 0 Å². The van der Waals surface area contributed by atoms with Gasteiger partial charge in [0.25, 0.3) is 5.56 Å². The van der Waals surface area contributed by atoms with Crippen LogP contribution < -0.4 is 11.2 Å². The molecule has 0 fully saturated rings. The fourth-order valence-electron chi connectivity index (χ4n) is 2.27. The lowest BCUT2D eigenvalue weighted by Crippen LogP contribution is -2.33. The third kappa shape index (κ3) is 2.57. The number of hydrogen-bond acceptors (Lipinski definition) is 6. The van der Waals surface area contributed by atoms with Crippen molar-refractivity contribution in [2.75, 3.05) is 6.61 Å². The van der Waals surface area contributed by atoms with Crippen LogP contribution in [0.2, 0.25) is 0 Å². The van der Waals surface area contributed by atoms with E-state index in [1.165, 1.54) is 29.7 Å². The average molecular weight is 331 g/mol. The van der Waals surface area contributed by atoms with Gasteiger partial charge in [-0.2, -0.15) is 0 Å². The second-order valence-corrected chi connectivity index (χ2v) is 5.69. The van der Waals surface area contributed by atoms with Crippen LogP contribution in [-0.4, -0.2) is 27.1 Å². The van der Waals surface area contributed by atoms with Gasteiger partial charge in [0.05, 0.1) is 17.7 Å². The molecule has 3 heterocycles. The number of carbonyl (C=O) groups is 1. The second-order valence-electron chi connectivity index (χ2n) is 4.81. The minimum atomic E-state index is -0.605. The van der Waals surface area contributed by atoms with E-state index in [1.807, 2.05) is 5.38 Å². The topological polar surface area (TPSA) is 94.0 Å². The summed E-state index contributed by atoms with van der Waals surface area (Å²) in [5.74, 6) is -0.605. The predicted molar refractivity (Wildman–Crippen MR) is 86.5 cm³/mol. The number of hydrogen-bond donors (Lipinski definition) is 1. The van der Waals surface area contributed by atoms with Gasteiger partial charge in [0, 0.05) is 6.20 Å². The predicted octanol–water partition coefficient (Wildman–Crippen LogP) is 1.62. The summed E-state index contributed by atoms with van der Waals surface area (Å²) in [5, 5.41) is 2.27. The Bertz CT molecular complexity index is 1020. The molecule has 0 atom stereocenters. The Hall–Kier alpha value is -2.74. The van der Waals surface area contributed by atoms with Gasteiger partial charge in [0.15, 0.2) is 0 Å². The van der Waals surface area contributed by atoms with Crippen LogP contribution in [0.3, 0.4) is 0 Å². The molecule has 0 saturated heterocycles. The number of rotatable bonds is 3. The molecule has 0 bridgehead atoms. The molecule has 0 aliphatic heterocycles. The van der Waals surface area contributed by atoms with E-state index in [-0.39, 0.29) is 18.0 Å². The Kier molecular flexibility index (Phi) is 3.83. The van der Waals surface area contributed by atoms with Gasteiger partial charge >= 0.3 is 11.7 Å². The Morgan fingerprint density at radius 3 is 2.96 bits per heavy atom. The lowest BCUT2D eigenvalue weighted by molar-refractivity contribution is 0.0519. The highest BCUT2D eigenvalue weighted by molar-refractivity contribution is 7.16. The van der Waals surface area contributed by atoms with Gasteiger partial charge in [-0.15, -0.1) is 11.3 Å². The zero-order valence-corrected chi connectivity index (χ0v) is 13.3. The highest BCUT2D eigenvalue weighted by Crippen LogP contribution is 2.19. The number of carbonyl (C=O) groups excluding carboxylic acids is 1. The van der Waals surface area contributed by atoms with Crippen molar-refractivity contribution in [3.8, 4) is 5.69 Å². The van der Waals surface area contributed by atoms with E-state index in [2.05, 4.69) is 9.97 Å². The summed E-state index contributed by atoms with van der Waals surface area (Å²) >= 11 is 1.31. The van der Waals surface area contributed by atoms with Crippen LogP contribution in [0.15, 0.2) is 33.3 Å². The molecule has 0 unspecified atom stereocenters. The van der Waals surface area contributed by atoms with E-state index in [0.29, 0.717) is 10.2 Å². The molecule has 0 saturated carbocycles. The van der Waals surface area contributed by atoms with Gasteiger partial charge in [-0.3, -0.25) is 9.78 Å². The fourth-order valence-corrected chi connectivity index (χ4v) is 3.19. The molecule has 118 valence electrons. The Morgan fingerprint density at radius 2 is 2.22 bits per heavy atom. The number of aryl methyl sites for hydroxylation is 1. The first-order chi connectivity index (χ1) is 11.0. The van der Waals surface area contributed by atoms with Crippen LogP contribution in [-0.2, 0) is 4.74 Å². The third-order valence-corrected chi connectivity index (χ3v) is 4.32. The molecule has 0 aromatic carbocycles. The first kappa shape index (κ1) is 15.2. The van der Waals surface area contributed by atoms with Crippen molar-refractivity contribution in [2.45, 2.75) is 13.8 Å².